The van der Waals surface area contributed by atoms with E-state index in [0.29, 0.717) is 24.4 Å². The lowest BCUT2D eigenvalue weighted by atomic mass is 10.0. The molecule has 0 saturated heterocycles. The molecule has 0 aromatic carbocycles. The Balaban J connectivity index is 1.81. The minimum Gasteiger partial charge on any atom is -0.444 e. The number of aryl methyl sites for hydroxylation is 1. The fraction of sp³-hybridized carbons (Fsp3) is 0.421. The second-order valence-corrected chi connectivity index (χ2v) is 7.29. The number of fused-ring (bicyclic) bond motifs is 1. The second-order valence-electron chi connectivity index (χ2n) is 7.29. The summed E-state index contributed by atoms with van der Waals surface area (Å²) in [5.74, 6) is 0. The van der Waals surface area contributed by atoms with Gasteiger partial charge in [-0.1, -0.05) is 6.08 Å². The molecule has 3 heterocycles. The summed E-state index contributed by atoms with van der Waals surface area (Å²) in [6, 6.07) is 5.34. The highest BCUT2D eigenvalue weighted by Crippen LogP contribution is 2.23. The van der Waals surface area contributed by atoms with Gasteiger partial charge >= 0.3 is 6.09 Å². The van der Waals surface area contributed by atoms with Gasteiger partial charge in [-0.3, -0.25) is 9.20 Å². The van der Waals surface area contributed by atoms with Crippen LogP contribution in [0.25, 0.3) is 11.2 Å². The average Bonchev–Trinajstić information content (AvgIpc) is 2.53. The van der Waals surface area contributed by atoms with E-state index in [1.165, 1.54) is 6.07 Å². The van der Waals surface area contributed by atoms with Gasteiger partial charge in [0.25, 0.3) is 5.56 Å². The molecule has 6 heteroatoms. The van der Waals surface area contributed by atoms with E-state index in [4.69, 9.17) is 4.74 Å². The molecule has 0 fully saturated rings. The molecule has 1 amide bonds. The molecule has 0 atom stereocenters. The van der Waals surface area contributed by atoms with Crippen molar-refractivity contribution in [3.05, 3.63) is 52.1 Å². The van der Waals surface area contributed by atoms with Crippen molar-refractivity contribution in [2.75, 3.05) is 13.1 Å². The quantitative estimate of drug-likeness (QED) is 0.800. The Morgan fingerprint density at radius 2 is 2.04 bits per heavy atom. The molecule has 25 heavy (non-hydrogen) atoms. The number of carbonyl (C=O) groups is 1. The number of ether oxygens (including phenoxy) is 1. The van der Waals surface area contributed by atoms with Crippen LogP contribution in [-0.4, -0.2) is 39.1 Å². The third-order valence-corrected chi connectivity index (χ3v) is 4.02. The van der Waals surface area contributed by atoms with E-state index in [2.05, 4.69) is 4.98 Å². The van der Waals surface area contributed by atoms with E-state index in [0.717, 1.165) is 17.6 Å². The molecule has 0 unspecified atom stereocenters. The first kappa shape index (κ1) is 17.2. The molecule has 0 N–H and O–H groups in total. The van der Waals surface area contributed by atoms with Gasteiger partial charge in [0.1, 0.15) is 11.2 Å². The van der Waals surface area contributed by atoms with E-state index in [-0.39, 0.29) is 11.7 Å². The van der Waals surface area contributed by atoms with Gasteiger partial charge in [0.2, 0.25) is 0 Å². The van der Waals surface area contributed by atoms with Crippen LogP contribution in [0.4, 0.5) is 4.79 Å². The van der Waals surface area contributed by atoms with Crippen LogP contribution in [0, 0.1) is 6.92 Å². The summed E-state index contributed by atoms with van der Waals surface area (Å²) in [5, 5.41) is 0. The molecule has 6 nitrogen and oxygen atoms in total. The Kier molecular flexibility index (Phi) is 4.37. The normalized spacial score (nSPS) is 15.2. The van der Waals surface area contributed by atoms with Crippen LogP contribution in [0.2, 0.25) is 0 Å². The fourth-order valence-corrected chi connectivity index (χ4v) is 2.84. The summed E-state index contributed by atoms with van der Waals surface area (Å²) in [5.41, 5.74) is 2.86. The lowest BCUT2D eigenvalue weighted by Crippen LogP contribution is -2.39. The van der Waals surface area contributed by atoms with Crippen molar-refractivity contribution in [2.24, 2.45) is 0 Å². The number of hydrogen-bond acceptors (Lipinski definition) is 4. The van der Waals surface area contributed by atoms with Crippen molar-refractivity contribution in [3.63, 3.8) is 0 Å². The fourth-order valence-electron chi connectivity index (χ4n) is 2.84. The average molecular weight is 341 g/mol. The molecule has 0 spiro atoms. The van der Waals surface area contributed by atoms with Crippen LogP contribution in [0.1, 0.15) is 38.4 Å². The number of pyridine rings is 1. The summed E-state index contributed by atoms with van der Waals surface area (Å²) in [4.78, 5) is 30.3. The smallest absolute Gasteiger partial charge is 0.410 e. The maximum Gasteiger partial charge on any atom is 0.410 e. The maximum absolute atomic E-state index is 12.1. The molecule has 2 aromatic heterocycles. The summed E-state index contributed by atoms with van der Waals surface area (Å²) in [6.07, 6.45) is 4.26. The lowest BCUT2D eigenvalue weighted by molar-refractivity contribution is 0.0270. The molecular formula is C19H23N3O3. The minimum absolute atomic E-state index is 0.0869. The predicted octanol–water partition coefficient (Wildman–Crippen LogP) is 3.03. The third-order valence-electron chi connectivity index (χ3n) is 4.02. The van der Waals surface area contributed by atoms with Gasteiger partial charge in [0, 0.05) is 31.0 Å². The Morgan fingerprint density at radius 1 is 1.28 bits per heavy atom. The largest absolute Gasteiger partial charge is 0.444 e. The number of nitrogens with zero attached hydrogens (tertiary/aromatic N) is 3. The standard InChI is InChI=1S/C19H23N3O3/c1-13-11-17(23)22-12-15(5-6-16(22)20-13)14-7-9-21(10-8-14)18(24)25-19(2,3)4/h5-7,11-12H,8-10H2,1-4H3. The molecule has 2 aromatic rings. The summed E-state index contributed by atoms with van der Waals surface area (Å²) in [7, 11) is 0. The summed E-state index contributed by atoms with van der Waals surface area (Å²) < 4.78 is 6.97. The number of carbonyl (C=O) groups excluding carboxylic acids is 1. The monoisotopic (exact) mass is 341 g/mol. The molecule has 0 saturated carbocycles. The SMILES string of the molecule is Cc1cc(=O)n2cc(C3=CCN(C(=O)OC(C)(C)C)CC3)ccc2n1. The van der Waals surface area contributed by atoms with Crippen LogP contribution in [0.5, 0.6) is 0 Å². The first-order valence-electron chi connectivity index (χ1n) is 8.40. The van der Waals surface area contributed by atoms with Crippen LogP contribution in [0.15, 0.2) is 35.3 Å². The number of hydrogen-bond donors (Lipinski definition) is 0. The molecule has 1 aliphatic heterocycles. The van der Waals surface area contributed by atoms with Crippen LogP contribution >= 0.6 is 0 Å². The summed E-state index contributed by atoms with van der Waals surface area (Å²) in [6.45, 7) is 8.49. The first-order valence-corrected chi connectivity index (χ1v) is 8.40. The van der Waals surface area contributed by atoms with E-state index in [1.54, 1.807) is 9.30 Å². The van der Waals surface area contributed by atoms with E-state index < -0.39 is 5.60 Å². The van der Waals surface area contributed by atoms with Crippen molar-refractivity contribution in [2.45, 2.75) is 39.7 Å². The molecular weight excluding hydrogens is 318 g/mol. The van der Waals surface area contributed by atoms with Gasteiger partial charge in [0.05, 0.1) is 0 Å². The number of amides is 1. The maximum atomic E-state index is 12.1. The van der Waals surface area contributed by atoms with E-state index in [9.17, 15) is 9.59 Å². The highest BCUT2D eigenvalue weighted by Gasteiger charge is 2.23. The van der Waals surface area contributed by atoms with Gasteiger partial charge in [-0.05, 0) is 57.4 Å². The predicted molar refractivity (Wildman–Crippen MR) is 96.6 cm³/mol. The Bertz CT molecular complexity index is 906. The number of rotatable bonds is 1. The molecule has 1 aliphatic rings. The lowest BCUT2D eigenvalue weighted by Gasteiger charge is -2.29. The van der Waals surface area contributed by atoms with Crippen LogP contribution in [0.3, 0.4) is 0 Å². The van der Waals surface area contributed by atoms with Crippen LogP contribution < -0.4 is 5.56 Å². The first-order chi connectivity index (χ1) is 11.7. The Hall–Kier alpha value is -2.63. The Morgan fingerprint density at radius 3 is 2.68 bits per heavy atom. The van der Waals surface area contributed by atoms with Crippen molar-refractivity contribution in [1.82, 2.24) is 14.3 Å². The third kappa shape index (κ3) is 3.90. The molecule has 0 radical (unpaired) electrons. The molecule has 132 valence electrons. The van der Waals surface area contributed by atoms with Gasteiger partial charge in [0.15, 0.2) is 0 Å². The van der Waals surface area contributed by atoms with Gasteiger partial charge < -0.3 is 9.64 Å². The van der Waals surface area contributed by atoms with Gasteiger partial charge in [-0.25, -0.2) is 9.78 Å². The molecule has 0 bridgehead atoms. The highest BCUT2D eigenvalue weighted by molar-refractivity contribution is 5.73. The van der Waals surface area contributed by atoms with Crippen molar-refractivity contribution >= 4 is 17.3 Å². The molecule has 0 aliphatic carbocycles. The van der Waals surface area contributed by atoms with Crippen LogP contribution in [-0.2, 0) is 4.74 Å². The van der Waals surface area contributed by atoms with Gasteiger partial charge in [-0.2, -0.15) is 0 Å². The van der Waals surface area contributed by atoms with E-state index in [1.807, 2.05) is 52.1 Å². The Labute approximate surface area is 146 Å². The minimum atomic E-state index is -0.494. The topological polar surface area (TPSA) is 63.9 Å². The van der Waals surface area contributed by atoms with Crippen molar-refractivity contribution < 1.29 is 9.53 Å². The zero-order valence-electron chi connectivity index (χ0n) is 15.1. The second kappa shape index (κ2) is 6.35. The molecule has 3 rings (SSSR count). The van der Waals surface area contributed by atoms with Crippen molar-refractivity contribution in [1.29, 1.82) is 0 Å². The highest BCUT2D eigenvalue weighted by atomic mass is 16.6. The number of aromatic nitrogens is 2. The van der Waals surface area contributed by atoms with Crippen molar-refractivity contribution in [3.8, 4) is 0 Å². The van der Waals surface area contributed by atoms with Gasteiger partial charge in [-0.15, -0.1) is 0 Å². The summed E-state index contributed by atoms with van der Waals surface area (Å²) >= 11 is 0. The zero-order chi connectivity index (χ0) is 18.2. The van der Waals surface area contributed by atoms with E-state index >= 15 is 0 Å². The zero-order valence-corrected chi connectivity index (χ0v) is 15.1.